The number of ether oxygens (including phenoxy) is 2. The van der Waals surface area contributed by atoms with Crippen molar-refractivity contribution >= 4 is 5.65 Å². The van der Waals surface area contributed by atoms with Gasteiger partial charge in [0.25, 0.3) is 0 Å². The van der Waals surface area contributed by atoms with Gasteiger partial charge in [-0.05, 0) is 36.6 Å². The number of rotatable bonds is 5. The highest BCUT2D eigenvalue weighted by Gasteiger charge is 2.35. The molecule has 0 N–H and O–H groups in total. The lowest BCUT2D eigenvalue weighted by molar-refractivity contribution is -0.138. The molecule has 0 bridgehead atoms. The number of alkyl halides is 3. The molecule has 0 unspecified atom stereocenters. The number of fused-ring (bicyclic) bond motifs is 1. The van der Waals surface area contributed by atoms with E-state index < -0.39 is 11.7 Å². The van der Waals surface area contributed by atoms with E-state index in [0.29, 0.717) is 28.3 Å². The highest BCUT2D eigenvalue weighted by Crippen LogP contribution is 2.45. The van der Waals surface area contributed by atoms with Crippen LogP contribution in [0, 0.1) is 6.92 Å². The molecule has 0 aliphatic rings. The summed E-state index contributed by atoms with van der Waals surface area (Å²) in [5.74, 6) is 0.926. The fraction of sp³-hybridized carbons (Fsp3) is 0.350. The summed E-state index contributed by atoms with van der Waals surface area (Å²) in [6.45, 7) is 3.50. The van der Waals surface area contributed by atoms with Crippen molar-refractivity contribution in [3.05, 3.63) is 47.4 Å². The quantitative estimate of drug-likeness (QED) is 0.605. The van der Waals surface area contributed by atoms with Crippen LogP contribution in [-0.4, -0.2) is 23.6 Å². The molecule has 7 heteroatoms. The minimum Gasteiger partial charge on any atom is -0.496 e. The molecule has 1 aromatic carbocycles. The molecule has 0 amide bonds. The zero-order valence-corrected chi connectivity index (χ0v) is 15.6. The van der Waals surface area contributed by atoms with Crippen molar-refractivity contribution in [2.24, 2.45) is 0 Å². The maximum Gasteiger partial charge on any atom is 0.418 e. The summed E-state index contributed by atoms with van der Waals surface area (Å²) in [5.41, 5.74) is 1.61. The molecule has 0 spiro atoms. The van der Waals surface area contributed by atoms with Crippen molar-refractivity contribution in [2.45, 2.75) is 32.9 Å². The van der Waals surface area contributed by atoms with Gasteiger partial charge in [0.15, 0.2) is 0 Å². The second-order valence-electron chi connectivity index (χ2n) is 6.32. The SMILES string of the molecule is CCCc1cc(OC)c(-c2c(C)c(C(F)(F)F)cn3ccnc23)c(OC)c1. The van der Waals surface area contributed by atoms with Gasteiger partial charge >= 0.3 is 6.18 Å². The number of hydrogen-bond donors (Lipinski definition) is 0. The van der Waals surface area contributed by atoms with Crippen LogP contribution in [0.15, 0.2) is 30.7 Å². The zero-order chi connectivity index (χ0) is 19.8. The van der Waals surface area contributed by atoms with Gasteiger partial charge in [-0.25, -0.2) is 4.98 Å². The first-order valence-electron chi connectivity index (χ1n) is 8.60. The van der Waals surface area contributed by atoms with Crippen LogP contribution >= 0.6 is 0 Å². The van der Waals surface area contributed by atoms with E-state index in [1.165, 1.54) is 37.9 Å². The Morgan fingerprint density at radius 3 is 2.22 bits per heavy atom. The Morgan fingerprint density at radius 1 is 1.07 bits per heavy atom. The van der Waals surface area contributed by atoms with Gasteiger partial charge in [-0.3, -0.25) is 0 Å². The standard InChI is InChI=1S/C20H21F3N2O2/c1-5-6-13-9-15(26-3)18(16(10-13)27-4)17-12(2)14(20(21,22)23)11-25-8-7-24-19(17)25/h7-11H,5-6H2,1-4H3. The first kappa shape index (κ1) is 19.1. The third-order valence-electron chi connectivity index (χ3n) is 4.60. The van der Waals surface area contributed by atoms with E-state index in [9.17, 15) is 13.2 Å². The summed E-state index contributed by atoms with van der Waals surface area (Å²) in [7, 11) is 3.00. The molecule has 0 aliphatic carbocycles. The Labute approximate surface area is 155 Å². The van der Waals surface area contributed by atoms with Crippen LogP contribution in [0.4, 0.5) is 13.2 Å². The number of pyridine rings is 1. The molecule has 2 heterocycles. The van der Waals surface area contributed by atoms with Crippen molar-refractivity contribution in [3.63, 3.8) is 0 Å². The van der Waals surface area contributed by atoms with Gasteiger partial charge < -0.3 is 13.9 Å². The van der Waals surface area contributed by atoms with E-state index in [1.54, 1.807) is 0 Å². The van der Waals surface area contributed by atoms with Crippen LogP contribution in [0.5, 0.6) is 11.5 Å². The van der Waals surface area contributed by atoms with E-state index in [4.69, 9.17) is 9.47 Å². The lowest BCUT2D eigenvalue weighted by atomic mass is 9.94. The summed E-state index contributed by atoms with van der Waals surface area (Å²) >= 11 is 0. The molecule has 0 aliphatic heterocycles. The van der Waals surface area contributed by atoms with Gasteiger partial charge in [0, 0.05) is 24.2 Å². The molecule has 144 valence electrons. The molecular weight excluding hydrogens is 357 g/mol. The van der Waals surface area contributed by atoms with E-state index in [1.807, 2.05) is 12.1 Å². The molecule has 2 aromatic heterocycles. The van der Waals surface area contributed by atoms with Crippen molar-refractivity contribution < 1.29 is 22.6 Å². The van der Waals surface area contributed by atoms with Gasteiger partial charge in [0.1, 0.15) is 17.1 Å². The highest BCUT2D eigenvalue weighted by molar-refractivity contribution is 5.89. The lowest BCUT2D eigenvalue weighted by Crippen LogP contribution is -2.11. The average molecular weight is 378 g/mol. The van der Waals surface area contributed by atoms with Crippen LogP contribution in [0.25, 0.3) is 16.8 Å². The first-order valence-corrected chi connectivity index (χ1v) is 8.60. The van der Waals surface area contributed by atoms with Gasteiger partial charge in [0.05, 0.1) is 25.3 Å². The van der Waals surface area contributed by atoms with Crippen molar-refractivity contribution in [1.82, 2.24) is 9.38 Å². The van der Waals surface area contributed by atoms with Gasteiger partial charge in [-0.1, -0.05) is 13.3 Å². The molecule has 27 heavy (non-hydrogen) atoms. The Balaban J connectivity index is 2.42. The third kappa shape index (κ3) is 3.34. The number of methoxy groups -OCH3 is 2. The molecule has 3 rings (SSSR count). The smallest absolute Gasteiger partial charge is 0.418 e. The summed E-state index contributed by atoms with van der Waals surface area (Å²) < 4.78 is 53.3. The van der Waals surface area contributed by atoms with Crippen LogP contribution in [0.2, 0.25) is 0 Å². The molecule has 0 radical (unpaired) electrons. The molecule has 3 aromatic rings. The minimum absolute atomic E-state index is 0.0843. The van der Waals surface area contributed by atoms with Gasteiger partial charge in [-0.15, -0.1) is 0 Å². The van der Waals surface area contributed by atoms with E-state index >= 15 is 0 Å². The second-order valence-corrected chi connectivity index (χ2v) is 6.32. The van der Waals surface area contributed by atoms with Crippen LogP contribution in [-0.2, 0) is 12.6 Å². The van der Waals surface area contributed by atoms with Crippen molar-refractivity contribution in [1.29, 1.82) is 0 Å². The molecule has 0 fully saturated rings. The van der Waals surface area contributed by atoms with Crippen LogP contribution < -0.4 is 9.47 Å². The number of nitrogens with zero attached hydrogens (tertiary/aromatic N) is 2. The maximum atomic E-state index is 13.6. The Bertz CT molecular complexity index is 952. The molecular formula is C20H21F3N2O2. The Morgan fingerprint density at radius 2 is 1.70 bits per heavy atom. The summed E-state index contributed by atoms with van der Waals surface area (Å²) in [6.07, 6.45) is 1.29. The molecule has 4 nitrogen and oxygen atoms in total. The normalized spacial score (nSPS) is 11.8. The fourth-order valence-corrected chi connectivity index (χ4v) is 3.38. The van der Waals surface area contributed by atoms with E-state index in [2.05, 4.69) is 11.9 Å². The lowest BCUT2D eigenvalue weighted by Gasteiger charge is -2.20. The number of imidazole rings is 1. The summed E-state index contributed by atoms with van der Waals surface area (Å²) in [6, 6.07) is 3.70. The van der Waals surface area contributed by atoms with E-state index in [-0.39, 0.29) is 5.56 Å². The number of benzene rings is 1. The maximum absolute atomic E-state index is 13.6. The first-order chi connectivity index (χ1) is 12.8. The highest BCUT2D eigenvalue weighted by atomic mass is 19.4. The van der Waals surface area contributed by atoms with Crippen molar-refractivity contribution in [2.75, 3.05) is 14.2 Å². The number of aromatic nitrogens is 2. The summed E-state index contributed by atoms with van der Waals surface area (Å²) in [5, 5.41) is 0. The topological polar surface area (TPSA) is 35.8 Å². The monoisotopic (exact) mass is 378 g/mol. The molecule has 0 atom stereocenters. The predicted molar refractivity (Wildman–Crippen MR) is 97.5 cm³/mol. The number of aryl methyl sites for hydroxylation is 1. The van der Waals surface area contributed by atoms with Gasteiger partial charge in [0.2, 0.25) is 0 Å². The zero-order valence-electron chi connectivity index (χ0n) is 15.6. The van der Waals surface area contributed by atoms with Crippen LogP contribution in [0.3, 0.4) is 0 Å². The number of hydrogen-bond acceptors (Lipinski definition) is 3. The molecule has 0 saturated carbocycles. The Kier molecular flexibility index (Phi) is 5.04. The minimum atomic E-state index is -4.49. The molecule has 0 saturated heterocycles. The predicted octanol–water partition coefficient (Wildman–Crippen LogP) is 5.30. The fourth-order valence-electron chi connectivity index (χ4n) is 3.38. The summed E-state index contributed by atoms with van der Waals surface area (Å²) in [4.78, 5) is 4.27. The number of halogens is 3. The van der Waals surface area contributed by atoms with E-state index in [0.717, 1.165) is 24.6 Å². The second kappa shape index (κ2) is 7.13. The van der Waals surface area contributed by atoms with Gasteiger partial charge in [-0.2, -0.15) is 13.2 Å². The third-order valence-corrected chi connectivity index (χ3v) is 4.60. The van der Waals surface area contributed by atoms with Crippen LogP contribution in [0.1, 0.15) is 30.0 Å². The Hall–Kier alpha value is -2.70. The largest absolute Gasteiger partial charge is 0.496 e. The average Bonchev–Trinajstić information content (AvgIpc) is 3.08. The van der Waals surface area contributed by atoms with Crippen molar-refractivity contribution in [3.8, 4) is 22.6 Å².